The highest BCUT2D eigenvalue weighted by Crippen LogP contribution is 2.32. The van der Waals surface area contributed by atoms with Gasteiger partial charge in [0.2, 0.25) is 0 Å². The maximum Gasteiger partial charge on any atom is 0.0731 e. The molecule has 1 aliphatic carbocycles. The van der Waals surface area contributed by atoms with E-state index >= 15 is 0 Å². The van der Waals surface area contributed by atoms with E-state index in [0.717, 1.165) is 12.1 Å². The largest absolute Gasteiger partial charge is 0.323 e. The normalized spacial score (nSPS) is 17.8. The molecule has 0 aromatic carbocycles. The Morgan fingerprint density at radius 3 is 2.90 bits per heavy atom. The highest BCUT2D eigenvalue weighted by Gasteiger charge is 2.18. The average molecular weight is 354 g/mol. The Balaban J connectivity index is 1.68. The minimum absolute atomic E-state index is 0.0388. The predicted octanol–water partition coefficient (Wildman–Crippen LogP) is 4.37. The molecule has 2 aromatic rings. The number of hydrogen-bond donors (Lipinski definition) is 1. The second-order valence-corrected chi connectivity index (χ2v) is 8.04. The van der Waals surface area contributed by atoms with Crippen LogP contribution in [-0.2, 0) is 6.42 Å². The molecule has 0 amide bonds. The molecule has 5 heteroatoms. The summed E-state index contributed by atoms with van der Waals surface area (Å²) in [6.07, 6.45) is 8.14. The molecule has 2 heterocycles. The van der Waals surface area contributed by atoms with Gasteiger partial charge in [-0.3, -0.25) is 4.68 Å². The molecular formula is C15H20BrN3S. The highest BCUT2D eigenvalue weighted by molar-refractivity contribution is 9.11. The van der Waals surface area contributed by atoms with Crippen molar-refractivity contribution in [3.8, 4) is 0 Å². The zero-order chi connectivity index (χ0) is 14.1. The topological polar surface area (TPSA) is 43.8 Å². The lowest BCUT2D eigenvalue weighted by Crippen LogP contribution is -2.13. The van der Waals surface area contributed by atoms with Gasteiger partial charge >= 0.3 is 0 Å². The summed E-state index contributed by atoms with van der Waals surface area (Å²) in [4.78, 5) is 1.23. The second-order valence-electron chi connectivity index (χ2n) is 5.64. The van der Waals surface area contributed by atoms with E-state index in [-0.39, 0.29) is 6.04 Å². The third kappa shape index (κ3) is 3.00. The van der Waals surface area contributed by atoms with Crippen LogP contribution < -0.4 is 5.73 Å². The third-order valence-corrected chi connectivity index (χ3v) is 6.30. The summed E-state index contributed by atoms with van der Waals surface area (Å²) in [6.45, 7) is 2.10. The first kappa shape index (κ1) is 14.3. The summed E-state index contributed by atoms with van der Waals surface area (Å²) in [5, 5.41) is 4.72. The molecule has 1 saturated carbocycles. The molecule has 3 nitrogen and oxygen atoms in total. The van der Waals surface area contributed by atoms with E-state index in [1.807, 2.05) is 0 Å². The van der Waals surface area contributed by atoms with Crippen molar-refractivity contribution in [3.05, 3.63) is 38.3 Å². The van der Waals surface area contributed by atoms with Crippen molar-refractivity contribution >= 4 is 27.3 Å². The van der Waals surface area contributed by atoms with Crippen molar-refractivity contribution in [2.45, 2.75) is 51.1 Å². The SMILES string of the molecule is Cc1cc(C(N)Cc2ccn(C3CCCC3)n2)sc1Br. The molecule has 0 bridgehead atoms. The van der Waals surface area contributed by atoms with Gasteiger partial charge in [-0.05, 0) is 53.4 Å². The second kappa shape index (κ2) is 6.00. The lowest BCUT2D eigenvalue weighted by molar-refractivity contribution is 0.461. The molecule has 1 atom stereocenters. The minimum Gasteiger partial charge on any atom is -0.323 e. The summed E-state index contributed by atoms with van der Waals surface area (Å²) in [7, 11) is 0. The molecule has 108 valence electrons. The van der Waals surface area contributed by atoms with Gasteiger partial charge in [0.05, 0.1) is 15.5 Å². The van der Waals surface area contributed by atoms with Crippen LogP contribution in [0.5, 0.6) is 0 Å². The smallest absolute Gasteiger partial charge is 0.0731 e. The molecule has 1 fully saturated rings. The number of halogens is 1. The third-order valence-electron chi connectivity index (χ3n) is 4.03. The number of rotatable bonds is 4. The van der Waals surface area contributed by atoms with Crippen LogP contribution in [0.2, 0.25) is 0 Å². The number of aromatic nitrogens is 2. The van der Waals surface area contributed by atoms with Gasteiger partial charge in [-0.25, -0.2) is 0 Å². The van der Waals surface area contributed by atoms with E-state index in [1.165, 1.54) is 39.9 Å². The van der Waals surface area contributed by atoms with Crippen molar-refractivity contribution < 1.29 is 0 Å². The first-order valence-corrected chi connectivity index (χ1v) is 8.80. The molecule has 20 heavy (non-hydrogen) atoms. The summed E-state index contributed by atoms with van der Waals surface area (Å²) in [5.41, 5.74) is 8.68. The van der Waals surface area contributed by atoms with Crippen LogP contribution in [0.1, 0.15) is 53.9 Å². The Hall–Kier alpha value is -0.650. The van der Waals surface area contributed by atoms with Crippen molar-refractivity contribution in [2.24, 2.45) is 5.73 Å². The van der Waals surface area contributed by atoms with E-state index in [1.54, 1.807) is 11.3 Å². The van der Waals surface area contributed by atoms with E-state index in [4.69, 9.17) is 10.8 Å². The number of aryl methyl sites for hydroxylation is 1. The van der Waals surface area contributed by atoms with Crippen LogP contribution in [0.15, 0.2) is 22.1 Å². The fourth-order valence-corrected chi connectivity index (χ4v) is 4.42. The minimum atomic E-state index is 0.0388. The fraction of sp³-hybridized carbons (Fsp3) is 0.533. The molecule has 1 unspecified atom stereocenters. The van der Waals surface area contributed by atoms with Crippen LogP contribution in [0, 0.1) is 6.92 Å². The molecule has 2 aromatic heterocycles. The Morgan fingerprint density at radius 1 is 1.50 bits per heavy atom. The van der Waals surface area contributed by atoms with Crippen molar-refractivity contribution in [2.75, 3.05) is 0 Å². The standard InChI is InChI=1S/C15H20BrN3S/c1-10-8-14(20-15(10)16)13(17)9-11-6-7-19(18-11)12-4-2-3-5-12/h6-8,12-13H,2-5,9,17H2,1H3. The Morgan fingerprint density at radius 2 is 2.25 bits per heavy atom. The molecule has 0 saturated heterocycles. The van der Waals surface area contributed by atoms with Crippen LogP contribution in [0.3, 0.4) is 0 Å². The molecule has 3 rings (SSSR count). The van der Waals surface area contributed by atoms with Crippen molar-refractivity contribution in [3.63, 3.8) is 0 Å². The van der Waals surface area contributed by atoms with E-state index in [9.17, 15) is 0 Å². The van der Waals surface area contributed by atoms with Crippen LogP contribution in [0.4, 0.5) is 0 Å². The Bertz CT molecular complexity index is 564. The first-order valence-electron chi connectivity index (χ1n) is 7.19. The number of hydrogen-bond acceptors (Lipinski definition) is 3. The zero-order valence-electron chi connectivity index (χ0n) is 11.7. The Kier molecular flexibility index (Phi) is 4.29. The van der Waals surface area contributed by atoms with Crippen LogP contribution >= 0.6 is 27.3 Å². The van der Waals surface area contributed by atoms with Gasteiger partial charge in [0.1, 0.15) is 0 Å². The summed E-state index contributed by atoms with van der Waals surface area (Å²) < 4.78 is 3.32. The van der Waals surface area contributed by atoms with Crippen LogP contribution in [0.25, 0.3) is 0 Å². The number of nitrogens with zero attached hydrogens (tertiary/aromatic N) is 2. The molecule has 0 aliphatic heterocycles. The first-order chi connectivity index (χ1) is 9.63. The molecule has 0 spiro atoms. The fourth-order valence-electron chi connectivity index (χ4n) is 2.85. The Labute approximate surface area is 132 Å². The van der Waals surface area contributed by atoms with Crippen LogP contribution in [-0.4, -0.2) is 9.78 Å². The van der Waals surface area contributed by atoms with Gasteiger partial charge in [-0.1, -0.05) is 12.8 Å². The molecular weight excluding hydrogens is 334 g/mol. The highest BCUT2D eigenvalue weighted by atomic mass is 79.9. The van der Waals surface area contributed by atoms with Crippen molar-refractivity contribution in [1.29, 1.82) is 0 Å². The van der Waals surface area contributed by atoms with Gasteiger partial charge in [-0.2, -0.15) is 5.10 Å². The predicted molar refractivity (Wildman–Crippen MR) is 87.1 cm³/mol. The maximum atomic E-state index is 6.31. The van der Waals surface area contributed by atoms with E-state index in [2.05, 4.69) is 45.9 Å². The summed E-state index contributed by atoms with van der Waals surface area (Å²) >= 11 is 5.29. The zero-order valence-corrected chi connectivity index (χ0v) is 14.1. The lowest BCUT2D eigenvalue weighted by atomic mass is 10.1. The van der Waals surface area contributed by atoms with E-state index < -0.39 is 0 Å². The van der Waals surface area contributed by atoms with Gasteiger partial charge in [0, 0.05) is 23.5 Å². The number of thiophene rings is 1. The molecule has 1 aliphatic rings. The van der Waals surface area contributed by atoms with E-state index in [0.29, 0.717) is 6.04 Å². The quantitative estimate of drug-likeness (QED) is 0.886. The van der Waals surface area contributed by atoms with Gasteiger partial charge in [0.15, 0.2) is 0 Å². The van der Waals surface area contributed by atoms with Crippen molar-refractivity contribution in [1.82, 2.24) is 9.78 Å². The van der Waals surface area contributed by atoms with Gasteiger partial charge in [-0.15, -0.1) is 11.3 Å². The van der Waals surface area contributed by atoms with Gasteiger partial charge < -0.3 is 5.73 Å². The number of nitrogens with two attached hydrogens (primary N) is 1. The monoisotopic (exact) mass is 353 g/mol. The summed E-state index contributed by atoms with van der Waals surface area (Å²) in [6, 6.07) is 4.94. The summed E-state index contributed by atoms with van der Waals surface area (Å²) in [5.74, 6) is 0. The lowest BCUT2D eigenvalue weighted by Gasteiger charge is -2.10. The average Bonchev–Trinajstić information content (AvgIpc) is 3.11. The maximum absolute atomic E-state index is 6.31. The molecule has 0 radical (unpaired) electrons. The molecule has 2 N–H and O–H groups in total. The van der Waals surface area contributed by atoms with Gasteiger partial charge in [0.25, 0.3) is 0 Å².